The molecule has 0 fully saturated rings. The second-order valence-corrected chi connectivity index (χ2v) is 5.85. The number of thiophene rings is 1. The van der Waals surface area contributed by atoms with Crippen molar-refractivity contribution in [2.75, 3.05) is 7.11 Å². The Kier molecular flexibility index (Phi) is 3.20. The SMILES string of the molecule is COc1ccsc1C(Br)c1ccc2[nH]c(=O)oc2c1. The summed E-state index contributed by atoms with van der Waals surface area (Å²) in [5.74, 6) is 0.412. The number of methoxy groups -OCH3 is 1. The van der Waals surface area contributed by atoms with Crippen molar-refractivity contribution in [2.24, 2.45) is 0 Å². The number of oxazole rings is 1. The fourth-order valence-corrected chi connectivity index (χ4v) is 3.63. The maximum absolute atomic E-state index is 11.1. The molecule has 0 aliphatic rings. The first-order valence-electron chi connectivity index (χ1n) is 5.57. The molecule has 0 aliphatic carbocycles. The van der Waals surface area contributed by atoms with Crippen molar-refractivity contribution in [1.29, 1.82) is 0 Å². The van der Waals surface area contributed by atoms with E-state index in [1.165, 1.54) is 0 Å². The van der Waals surface area contributed by atoms with Crippen LogP contribution in [0.4, 0.5) is 0 Å². The number of aromatic amines is 1. The predicted molar refractivity (Wildman–Crippen MR) is 78.5 cm³/mol. The third-order valence-electron chi connectivity index (χ3n) is 2.85. The minimum atomic E-state index is -0.438. The lowest BCUT2D eigenvalue weighted by Gasteiger charge is -2.10. The van der Waals surface area contributed by atoms with Gasteiger partial charge in [0, 0.05) is 0 Å². The van der Waals surface area contributed by atoms with Crippen LogP contribution >= 0.6 is 27.3 Å². The summed E-state index contributed by atoms with van der Waals surface area (Å²) in [7, 11) is 1.65. The standard InChI is InChI=1S/C13H10BrNO3S/c1-17-9-4-5-19-12(9)11(14)7-2-3-8-10(6-7)18-13(16)15-8/h2-6,11H,1H3,(H,15,16). The van der Waals surface area contributed by atoms with E-state index in [-0.39, 0.29) is 4.83 Å². The number of benzene rings is 1. The summed E-state index contributed by atoms with van der Waals surface area (Å²) < 4.78 is 10.4. The first-order valence-corrected chi connectivity index (χ1v) is 7.37. The van der Waals surface area contributed by atoms with Crippen LogP contribution in [0.5, 0.6) is 5.75 Å². The Morgan fingerprint density at radius 2 is 2.26 bits per heavy atom. The average molecular weight is 340 g/mol. The Morgan fingerprint density at radius 1 is 1.42 bits per heavy atom. The van der Waals surface area contributed by atoms with Crippen molar-refractivity contribution in [3.63, 3.8) is 0 Å². The van der Waals surface area contributed by atoms with Gasteiger partial charge in [0.2, 0.25) is 0 Å². The molecule has 3 rings (SSSR count). The molecule has 0 amide bonds. The minimum absolute atomic E-state index is 0.00653. The number of aromatic nitrogens is 1. The average Bonchev–Trinajstić information content (AvgIpc) is 3.01. The van der Waals surface area contributed by atoms with Gasteiger partial charge in [-0.2, -0.15) is 0 Å². The Hall–Kier alpha value is -1.53. The van der Waals surface area contributed by atoms with Gasteiger partial charge in [-0.1, -0.05) is 22.0 Å². The van der Waals surface area contributed by atoms with E-state index in [0.717, 1.165) is 16.2 Å². The summed E-state index contributed by atoms with van der Waals surface area (Å²) in [5, 5.41) is 1.98. The molecule has 0 aliphatic heterocycles. The van der Waals surface area contributed by atoms with Crippen molar-refractivity contribution in [2.45, 2.75) is 4.83 Å². The largest absolute Gasteiger partial charge is 0.496 e. The molecule has 19 heavy (non-hydrogen) atoms. The highest BCUT2D eigenvalue weighted by molar-refractivity contribution is 9.09. The quantitative estimate of drug-likeness (QED) is 0.740. The number of rotatable bonds is 3. The van der Waals surface area contributed by atoms with E-state index < -0.39 is 5.76 Å². The molecule has 0 radical (unpaired) electrons. The molecule has 0 spiro atoms. The van der Waals surface area contributed by atoms with Crippen molar-refractivity contribution >= 4 is 38.4 Å². The zero-order valence-electron chi connectivity index (χ0n) is 9.98. The van der Waals surface area contributed by atoms with Gasteiger partial charge >= 0.3 is 5.76 Å². The van der Waals surface area contributed by atoms with E-state index in [1.54, 1.807) is 18.4 Å². The van der Waals surface area contributed by atoms with Gasteiger partial charge in [0.15, 0.2) is 5.58 Å². The zero-order valence-corrected chi connectivity index (χ0v) is 12.4. The van der Waals surface area contributed by atoms with E-state index in [1.807, 2.05) is 29.6 Å². The van der Waals surface area contributed by atoms with E-state index in [2.05, 4.69) is 20.9 Å². The molecule has 2 aromatic heterocycles. The van der Waals surface area contributed by atoms with Gasteiger partial charge in [-0.25, -0.2) is 4.79 Å². The summed E-state index contributed by atoms with van der Waals surface area (Å²) in [6.45, 7) is 0. The number of H-pyrrole nitrogens is 1. The summed E-state index contributed by atoms with van der Waals surface area (Å²) in [4.78, 5) is 14.9. The number of halogens is 1. The van der Waals surface area contributed by atoms with Gasteiger partial charge in [0.25, 0.3) is 0 Å². The summed E-state index contributed by atoms with van der Waals surface area (Å²) in [6, 6.07) is 7.57. The second-order valence-electron chi connectivity index (χ2n) is 3.99. The van der Waals surface area contributed by atoms with E-state index in [0.29, 0.717) is 11.1 Å². The molecule has 98 valence electrons. The van der Waals surface area contributed by atoms with Crippen molar-refractivity contribution < 1.29 is 9.15 Å². The second kappa shape index (κ2) is 4.86. The summed E-state index contributed by atoms with van der Waals surface area (Å²) in [6.07, 6.45) is 0. The number of hydrogen-bond donors (Lipinski definition) is 1. The summed E-state index contributed by atoms with van der Waals surface area (Å²) in [5.41, 5.74) is 2.27. The molecule has 1 aromatic carbocycles. The van der Waals surface area contributed by atoms with Crippen LogP contribution in [0, 0.1) is 0 Å². The van der Waals surface area contributed by atoms with Crippen molar-refractivity contribution in [3.05, 3.63) is 50.6 Å². The van der Waals surface area contributed by atoms with Crippen LogP contribution in [0.25, 0.3) is 11.1 Å². The first-order chi connectivity index (χ1) is 9.19. The fourth-order valence-electron chi connectivity index (χ4n) is 1.93. The monoisotopic (exact) mass is 339 g/mol. The molecule has 1 atom stereocenters. The van der Waals surface area contributed by atoms with E-state index >= 15 is 0 Å². The molecule has 4 nitrogen and oxygen atoms in total. The Labute approximate surface area is 121 Å². The van der Waals surface area contributed by atoms with E-state index in [4.69, 9.17) is 9.15 Å². The normalized spacial score (nSPS) is 12.7. The molecule has 0 saturated carbocycles. The van der Waals surface area contributed by atoms with Gasteiger partial charge in [0.1, 0.15) is 5.75 Å². The van der Waals surface area contributed by atoms with Crippen molar-refractivity contribution in [1.82, 2.24) is 4.98 Å². The van der Waals surface area contributed by atoms with Crippen LogP contribution in [0.1, 0.15) is 15.3 Å². The summed E-state index contributed by atoms with van der Waals surface area (Å²) >= 11 is 5.27. The highest BCUT2D eigenvalue weighted by Crippen LogP contribution is 2.40. The number of ether oxygens (including phenoxy) is 1. The topological polar surface area (TPSA) is 55.2 Å². The Morgan fingerprint density at radius 3 is 3.05 bits per heavy atom. The number of alkyl halides is 1. The highest BCUT2D eigenvalue weighted by atomic mass is 79.9. The molecule has 1 N–H and O–H groups in total. The van der Waals surface area contributed by atoms with Gasteiger partial charge in [-0.15, -0.1) is 11.3 Å². The van der Waals surface area contributed by atoms with Crippen LogP contribution in [-0.4, -0.2) is 12.1 Å². The lowest BCUT2D eigenvalue weighted by molar-refractivity contribution is 0.413. The zero-order chi connectivity index (χ0) is 13.4. The first kappa shape index (κ1) is 12.5. The van der Waals surface area contributed by atoms with Crippen molar-refractivity contribution in [3.8, 4) is 5.75 Å². The molecular formula is C13H10BrNO3S. The van der Waals surface area contributed by atoms with Gasteiger partial charge < -0.3 is 9.15 Å². The van der Waals surface area contributed by atoms with Gasteiger partial charge in [-0.3, -0.25) is 4.98 Å². The Balaban J connectivity index is 2.05. The lowest BCUT2D eigenvalue weighted by atomic mass is 10.1. The third kappa shape index (κ3) is 2.21. The minimum Gasteiger partial charge on any atom is -0.496 e. The molecule has 1 unspecified atom stereocenters. The highest BCUT2D eigenvalue weighted by Gasteiger charge is 2.17. The number of fused-ring (bicyclic) bond motifs is 1. The molecule has 6 heteroatoms. The smallest absolute Gasteiger partial charge is 0.417 e. The molecule has 3 aromatic rings. The van der Waals surface area contributed by atoms with Gasteiger partial charge in [-0.05, 0) is 29.1 Å². The van der Waals surface area contributed by atoms with E-state index in [9.17, 15) is 4.79 Å². The molecule has 2 heterocycles. The van der Waals surface area contributed by atoms with Crippen LogP contribution in [-0.2, 0) is 0 Å². The number of nitrogens with one attached hydrogen (secondary N) is 1. The number of hydrogen-bond acceptors (Lipinski definition) is 4. The molecule has 0 saturated heterocycles. The van der Waals surface area contributed by atoms with Crippen LogP contribution in [0.15, 0.2) is 38.9 Å². The van der Waals surface area contributed by atoms with Crippen LogP contribution in [0.3, 0.4) is 0 Å². The fraction of sp³-hybridized carbons (Fsp3) is 0.154. The van der Waals surface area contributed by atoms with Gasteiger partial charge in [0.05, 0.1) is 22.3 Å². The third-order valence-corrected chi connectivity index (χ3v) is 5.10. The maximum Gasteiger partial charge on any atom is 0.417 e. The maximum atomic E-state index is 11.1. The molecule has 0 bridgehead atoms. The lowest BCUT2D eigenvalue weighted by Crippen LogP contribution is -1.93. The molecular weight excluding hydrogens is 330 g/mol. The Bertz CT molecular complexity index is 773. The van der Waals surface area contributed by atoms with Crippen LogP contribution < -0.4 is 10.5 Å². The van der Waals surface area contributed by atoms with Crippen LogP contribution in [0.2, 0.25) is 0 Å². The predicted octanol–water partition coefficient (Wildman–Crippen LogP) is 3.68.